The standard InChI is InChI=1S/C24H32N2O2S/c1-18-17-22(29-23(18)24(27)26-11-3-4-12-26)21-7-5-19(6-8-21)20-9-13-25(14-10-20)15-16-28-2/h5-8,17,20H,3-4,9-16H2,1-2H3. The second-order valence-electron chi connectivity index (χ2n) is 8.35. The number of piperidine rings is 1. The molecule has 2 saturated heterocycles. The molecule has 0 aliphatic carbocycles. The third-order valence-corrected chi connectivity index (χ3v) is 7.65. The Morgan fingerprint density at radius 3 is 2.45 bits per heavy atom. The molecule has 1 aromatic carbocycles. The Morgan fingerprint density at radius 1 is 1.10 bits per heavy atom. The van der Waals surface area contributed by atoms with Gasteiger partial charge in [-0.2, -0.15) is 0 Å². The van der Waals surface area contributed by atoms with Gasteiger partial charge >= 0.3 is 0 Å². The van der Waals surface area contributed by atoms with Crippen LogP contribution < -0.4 is 0 Å². The molecular weight excluding hydrogens is 380 g/mol. The minimum atomic E-state index is 0.216. The zero-order valence-corrected chi connectivity index (χ0v) is 18.5. The fourth-order valence-electron chi connectivity index (χ4n) is 4.53. The first-order valence-corrected chi connectivity index (χ1v) is 11.7. The number of methoxy groups -OCH3 is 1. The molecule has 29 heavy (non-hydrogen) atoms. The lowest BCUT2D eigenvalue weighted by molar-refractivity contribution is 0.0797. The highest BCUT2D eigenvalue weighted by molar-refractivity contribution is 7.17. The van der Waals surface area contributed by atoms with Crippen molar-refractivity contribution in [1.29, 1.82) is 0 Å². The molecule has 4 nitrogen and oxygen atoms in total. The predicted molar refractivity (Wildman–Crippen MR) is 120 cm³/mol. The Bertz CT molecular complexity index is 816. The second-order valence-corrected chi connectivity index (χ2v) is 9.41. The van der Waals surface area contributed by atoms with Crippen LogP contribution in [0.4, 0.5) is 0 Å². The number of aryl methyl sites for hydroxylation is 1. The topological polar surface area (TPSA) is 32.8 Å². The lowest BCUT2D eigenvalue weighted by Gasteiger charge is -2.32. The lowest BCUT2D eigenvalue weighted by Crippen LogP contribution is -2.35. The summed E-state index contributed by atoms with van der Waals surface area (Å²) in [4.78, 5) is 19.4. The van der Waals surface area contributed by atoms with Crippen LogP contribution in [0.2, 0.25) is 0 Å². The van der Waals surface area contributed by atoms with Crippen molar-refractivity contribution in [1.82, 2.24) is 9.80 Å². The Morgan fingerprint density at radius 2 is 1.79 bits per heavy atom. The summed E-state index contributed by atoms with van der Waals surface area (Å²) in [5.41, 5.74) is 3.77. The number of likely N-dealkylation sites (tertiary alicyclic amines) is 2. The Balaban J connectivity index is 1.41. The average Bonchev–Trinajstić information content (AvgIpc) is 3.42. The van der Waals surface area contributed by atoms with Gasteiger partial charge in [0.15, 0.2) is 0 Å². The smallest absolute Gasteiger partial charge is 0.264 e. The normalized spacial score (nSPS) is 18.5. The van der Waals surface area contributed by atoms with Crippen molar-refractivity contribution in [3.05, 3.63) is 46.3 Å². The van der Waals surface area contributed by atoms with Crippen LogP contribution in [-0.2, 0) is 4.74 Å². The molecule has 3 heterocycles. The molecule has 4 rings (SSSR count). The van der Waals surface area contributed by atoms with Crippen molar-refractivity contribution in [3.8, 4) is 10.4 Å². The molecule has 2 aromatic rings. The Labute approximate surface area is 178 Å². The number of hydrogen-bond donors (Lipinski definition) is 0. The molecule has 1 aromatic heterocycles. The first kappa shape index (κ1) is 20.6. The lowest BCUT2D eigenvalue weighted by atomic mass is 9.89. The summed E-state index contributed by atoms with van der Waals surface area (Å²) in [6, 6.07) is 11.2. The highest BCUT2D eigenvalue weighted by atomic mass is 32.1. The number of carbonyl (C=O) groups excluding carboxylic acids is 1. The summed E-state index contributed by atoms with van der Waals surface area (Å²) in [5, 5.41) is 0. The highest BCUT2D eigenvalue weighted by Crippen LogP contribution is 2.34. The average molecular weight is 413 g/mol. The van der Waals surface area contributed by atoms with Gasteiger partial charge in [0.25, 0.3) is 5.91 Å². The van der Waals surface area contributed by atoms with Crippen LogP contribution in [0, 0.1) is 6.92 Å². The first-order valence-electron chi connectivity index (χ1n) is 10.9. The van der Waals surface area contributed by atoms with Crippen LogP contribution in [0.5, 0.6) is 0 Å². The SMILES string of the molecule is COCCN1CCC(c2ccc(-c3cc(C)c(C(=O)N4CCCC4)s3)cc2)CC1. The van der Waals surface area contributed by atoms with Gasteiger partial charge in [-0.05, 0) is 74.4 Å². The quantitative estimate of drug-likeness (QED) is 0.684. The first-order chi connectivity index (χ1) is 14.2. The molecule has 2 fully saturated rings. The number of benzene rings is 1. The molecular formula is C24H32N2O2S. The summed E-state index contributed by atoms with van der Waals surface area (Å²) in [5.74, 6) is 0.869. The molecule has 0 N–H and O–H groups in total. The van der Waals surface area contributed by atoms with E-state index in [1.54, 1.807) is 18.4 Å². The zero-order chi connectivity index (χ0) is 20.2. The van der Waals surface area contributed by atoms with Crippen LogP contribution in [0.25, 0.3) is 10.4 Å². The van der Waals surface area contributed by atoms with Gasteiger partial charge in [0, 0.05) is 31.6 Å². The fraction of sp³-hybridized carbons (Fsp3) is 0.542. The number of amides is 1. The van der Waals surface area contributed by atoms with Crippen molar-refractivity contribution in [3.63, 3.8) is 0 Å². The molecule has 156 valence electrons. The van der Waals surface area contributed by atoms with Gasteiger partial charge in [0.05, 0.1) is 11.5 Å². The third-order valence-electron chi connectivity index (χ3n) is 6.37. The van der Waals surface area contributed by atoms with Crippen LogP contribution >= 0.6 is 11.3 Å². The van der Waals surface area contributed by atoms with Gasteiger partial charge in [0.1, 0.15) is 0 Å². The second kappa shape index (κ2) is 9.41. The van der Waals surface area contributed by atoms with E-state index in [1.165, 1.54) is 28.8 Å². The minimum Gasteiger partial charge on any atom is -0.383 e. The largest absolute Gasteiger partial charge is 0.383 e. The number of rotatable bonds is 6. The predicted octanol–water partition coefficient (Wildman–Crippen LogP) is 4.79. The van der Waals surface area contributed by atoms with Crippen LogP contribution in [0.3, 0.4) is 0 Å². The van der Waals surface area contributed by atoms with E-state index in [9.17, 15) is 4.79 Å². The van der Waals surface area contributed by atoms with E-state index in [1.807, 2.05) is 4.90 Å². The number of carbonyl (C=O) groups is 1. The summed E-state index contributed by atoms with van der Waals surface area (Å²) < 4.78 is 5.20. The van der Waals surface area contributed by atoms with E-state index < -0.39 is 0 Å². The molecule has 0 atom stereocenters. The van der Waals surface area contributed by atoms with Crippen molar-refractivity contribution < 1.29 is 9.53 Å². The maximum atomic E-state index is 12.8. The molecule has 5 heteroatoms. The summed E-state index contributed by atoms with van der Waals surface area (Å²) in [7, 11) is 1.77. The number of nitrogens with zero attached hydrogens (tertiary/aromatic N) is 2. The number of thiophene rings is 1. The summed E-state index contributed by atoms with van der Waals surface area (Å²) in [6.45, 7) is 8.05. The fourth-order valence-corrected chi connectivity index (χ4v) is 5.68. The summed E-state index contributed by atoms with van der Waals surface area (Å²) in [6.07, 6.45) is 4.71. The molecule has 0 spiro atoms. The summed E-state index contributed by atoms with van der Waals surface area (Å²) >= 11 is 1.65. The maximum Gasteiger partial charge on any atom is 0.264 e. The van der Waals surface area contributed by atoms with E-state index in [0.717, 1.165) is 62.6 Å². The van der Waals surface area contributed by atoms with Crippen LogP contribution in [0.1, 0.15) is 52.4 Å². The number of ether oxygens (including phenoxy) is 1. The maximum absolute atomic E-state index is 12.8. The highest BCUT2D eigenvalue weighted by Gasteiger charge is 2.24. The van der Waals surface area contributed by atoms with Gasteiger partial charge in [0.2, 0.25) is 0 Å². The molecule has 1 amide bonds. The monoisotopic (exact) mass is 412 g/mol. The zero-order valence-electron chi connectivity index (χ0n) is 17.7. The van der Waals surface area contributed by atoms with Gasteiger partial charge in [-0.3, -0.25) is 4.79 Å². The van der Waals surface area contributed by atoms with E-state index >= 15 is 0 Å². The number of hydrogen-bond acceptors (Lipinski definition) is 4. The molecule has 0 bridgehead atoms. The molecule has 0 saturated carbocycles. The van der Waals surface area contributed by atoms with Gasteiger partial charge in [-0.15, -0.1) is 11.3 Å². The van der Waals surface area contributed by atoms with E-state index in [-0.39, 0.29) is 5.91 Å². The van der Waals surface area contributed by atoms with Crippen molar-refractivity contribution in [2.75, 3.05) is 46.4 Å². The Hall–Kier alpha value is -1.69. The molecule has 2 aliphatic rings. The van der Waals surface area contributed by atoms with Gasteiger partial charge < -0.3 is 14.5 Å². The van der Waals surface area contributed by atoms with E-state index in [0.29, 0.717) is 5.92 Å². The van der Waals surface area contributed by atoms with E-state index in [2.05, 4.69) is 42.2 Å². The van der Waals surface area contributed by atoms with Crippen molar-refractivity contribution >= 4 is 17.2 Å². The Kier molecular flexibility index (Phi) is 6.68. The van der Waals surface area contributed by atoms with Crippen molar-refractivity contribution in [2.45, 2.75) is 38.5 Å². The van der Waals surface area contributed by atoms with Crippen molar-refractivity contribution in [2.24, 2.45) is 0 Å². The molecule has 0 unspecified atom stereocenters. The van der Waals surface area contributed by atoms with Crippen LogP contribution in [0.15, 0.2) is 30.3 Å². The third kappa shape index (κ3) is 4.73. The van der Waals surface area contributed by atoms with Crippen LogP contribution in [-0.4, -0.2) is 62.1 Å². The molecule has 2 aliphatic heterocycles. The minimum absolute atomic E-state index is 0.216. The van der Waals surface area contributed by atoms with E-state index in [4.69, 9.17) is 4.74 Å². The molecule has 0 radical (unpaired) electrons. The van der Waals surface area contributed by atoms with Gasteiger partial charge in [-0.25, -0.2) is 0 Å². The van der Waals surface area contributed by atoms with Gasteiger partial charge in [-0.1, -0.05) is 24.3 Å².